The number of nitrogens with one attached hydrogen (secondary N) is 1. The van der Waals surface area contributed by atoms with Gasteiger partial charge in [-0.1, -0.05) is 12.1 Å². The predicted molar refractivity (Wildman–Crippen MR) is 81.4 cm³/mol. The van der Waals surface area contributed by atoms with Gasteiger partial charge >= 0.3 is 0 Å². The van der Waals surface area contributed by atoms with E-state index in [2.05, 4.69) is 10.6 Å². The second-order valence-electron chi connectivity index (χ2n) is 4.13. The minimum absolute atomic E-state index is 0.0426. The second-order valence-corrected chi connectivity index (χ2v) is 7.14. The van der Waals surface area contributed by atoms with Crippen LogP contribution in [-0.4, -0.2) is 26.0 Å². The van der Waals surface area contributed by atoms with Gasteiger partial charge in [-0.05, 0) is 19.1 Å². The summed E-state index contributed by atoms with van der Waals surface area (Å²) in [5.41, 5.74) is 6.45. The molecule has 0 aliphatic heterocycles. The third kappa shape index (κ3) is 6.01. The maximum Gasteiger partial charge on any atom is 0.212 e. The fourth-order valence-corrected chi connectivity index (χ4v) is 4.11. The van der Waals surface area contributed by atoms with Gasteiger partial charge in [-0.25, -0.2) is 13.1 Å². The lowest BCUT2D eigenvalue weighted by molar-refractivity contribution is 0.565. The standard InChI is InChI=1S/C13H18N2O2S2/c1-3-6-11(2)15-19(16,17)10-9-18-13-8-5-4-7-12(13)14/h1,4-5,7-8,11,15H,6,9-10,14H2,2H3. The minimum Gasteiger partial charge on any atom is -0.398 e. The normalized spacial score (nSPS) is 12.8. The predicted octanol–water partition coefficient (Wildman–Crippen LogP) is 1.69. The lowest BCUT2D eigenvalue weighted by atomic mass is 10.3. The molecule has 0 spiro atoms. The van der Waals surface area contributed by atoms with Crippen molar-refractivity contribution < 1.29 is 8.42 Å². The Morgan fingerprint density at radius 1 is 1.47 bits per heavy atom. The van der Waals surface area contributed by atoms with Crippen molar-refractivity contribution in [3.05, 3.63) is 24.3 Å². The first-order valence-electron chi connectivity index (χ1n) is 5.85. The van der Waals surface area contributed by atoms with Gasteiger partial charge in [-0.2, -0.15) is 0 Å². The van der Waals surface area contributed by atoms with Crippen molar-refractivity contribution >= 4 is 27.5 Å². The highest BCUT2D eigenvalue weighted by molar-refractivity contribution is 8.00. The molecular formula is C13H18N2O2S2. The molecule has 0 bridgehead atoms. The van der Waals surface area contributed by atoms with E-state index >= 15 is 0 Å². The highest BCUT2D eigenvalue weighted by Gasteiger charge is 2.13. The molecule has 0 aliphatic rings. The highest BCUT2D eigenvalue weighted by Crippen LogP contribution is 2.24. The molecule has 19 heavy (non-hydrogen) atoms. The van der Waals surface area contributed by atoms with Crippen LogP contribution in [0.2, 0.25) is 0 Å². The molecule has 104 valence electrons. The van der Waals surface area contributed by atoms with Gasteiger partial charge in [0, 0.05) is 28.8 Å². The first kappa shape index (κ1) is 15.9. The Hall–Kier alpha value is -1.16. The number of thioether (sulfide) groups is 1. The molecule has 4 nitrogen and oxygen atoms in total. The van der Waals surface area contributed by atoms with Gasteiger partial charge in [0.05, 0.1) is 5.75 Å². The Balaban J connectivity index is 2.44. The van der Waals surface area contributed by atoms with Crippen LogP contribution in [-0.2, 0) is 10.0 Å². The number of para-hydroxylation sites is 1. The maximum absolute atomic E-state index is 11.8. The Morgan fingerprint density at radius 3 is 2.79 bits per heavy atom. The number of hydrogen-bond donors (Lipinski definition) is 2. The van der Waals surface area contributed by atoms with E-state index in [1.807, 2.05) is 18.2 Å². The molecular weight excluding hydrogens is 280 g/mol. The van der Waals surface area contributed by atoms with E-state index in [4.69, 9.17) is 12.2 Å². The number of rotatable bonds is 7. The van der Waals surface area contributed by atoms with Crippen LogP contribution in [0.1, 0.15) is 13.3 Å². The lowest BCUT2D eigenvalue weighted by Gasteiger charge is -2.11. The summed E-state index contributed by atoms with van der Waals surface area (Å²) in [6.45, 7) is 1.75. The van der Waals surface area contributed by atoms with Gasteiger partial charge < -0.3 is 5.73 Å². The summed E-state index contributed by atoms with van der Waals surface area (Å²) in [7, 11) is -3.29. The van der Waals surface area contributed by atoms with Gasteiger partial charge in [0.2, 0.25) is 10.0 Å². The van der Waals surface area contributed by atoms with Crippen LogP contribution in [0.25, 0.3) is 0 Å². The maximum atomic E-state index is 11.8. The number of nitrogen functional groups attached to an aromatic ring is 1. The molecule has 0 radical (unpaired) electrons. The highest BCUT2D eigenvalue weighted by atomic mass is 32.2. The zero-order chi connectivity index (χ0) is 14.3. The third-order valence-electron chi connectivity index (χ3n) is 2.33. The number of anilines is 1. The van der Waals surface area contributed by atoms with Crippen molar-refractivity contribution in [1.29, 1.82) is 0 Å². The quantitative estimate of drug-likeness (QED) is 0.456. The van der Waals surface area contributed by atoms with Gasteiger partial charge in [0.1, 0.15) is 0 Å². The molecule has 0 aromatic heterocycles. The fraction of sp³-hybridized carbons (Fsp3) is 0.385. The molecule has 0 fully saturated rings. The summed E-state index contributed by atoms with van der Waals surface area (Å²) >= 11 is 1.43. The average molecular weight is 298 g/mol. The van der Waals surface area contributed by atoms with E-state index in [-0.39, 0.29) is 11.8 Å². The first-order valence-corrected chi connectivity index (χ1v) is 8.49. The molecule has 0 amide bonds. The van der Waals surface area contributed by atoms with Crippen molar-refractivity contribution in [2.75, 3.05) is 17.2 Å². The Morgan fingerprint density at radius 2 is 2.16 bits per heavy atom. The molecule has 1 rings (SSSR count). The van der Waals surface area contributed by atoms with Crippen LogP contribution in [0, 0.1) is 12.3 Å². The zero-order valence-electron chi connectivity index (χ0n) is 10.8. The van der Waals surface area contributed by atoms with Crippen molar-refractivity contribution in [2.24, 2.45) is 0 Å². The van der Waals surface area contributed by atoms with E-state index in [9.17, 15) is 8.42 Å². The van der Waals surface area contributed by atoms with Crippen molar-refractivity contribution in [1.82, 2.24) is 4.72 Å². The van der Waals surface area contributed by atoms with Crippen LogP contribution in [0.15, 0.2) is 29.2 Å². The second kappa shape index (κ2) is 7.43. The molecule has 1 aromatic rings. The number of hydrogen-bond acceptors (Lipinski definition) is 4. The van der Waals surface area contributed by atoms with Gasteiger partial charge in [-0.15, -0.1) is 24.1 Å². The van der Waals surface area contributed by atoms with Gasteiger partial charge in [0.25, 0.3) is 0 Å². The molecule has 0 saturated carbocycles. The summed E-state index contributed by atoms with van der Waals surface area (Å²) in [5.74, 6) is 2.92. The number of benzene rings is 1. The summed E-state index contributed by atoms with van der Waals surface area (Å²) in [6, 6.07) is 7.16. The topological polar surface area (TPSA) is 72.2 Å². The summed E-state index contributed by atoms with van der Waals surface area (Å²) < 4.78 is 26.1. The fourth-order valence-electron chi connectivity index (χ4n) is 1.46. The molecule has 0 aliphatic carbocycles. The number of nitrogens with two attached hydrogens (primary N) is 1. The lowest BCUT2D eigenvalue weighted by Crippen LogP contribution is -2.34. The van der Waals surface area contributed by atoms with Gasteiger partial charge in [-0.3, -0.25) is 0 Å². The number of terminal acetylenes is 1. The molecule has 0 saturated heterocycles. The van der Waals surface area contributed by atoms with E-state index in [0.717, 1.165) is 4.90 Å². The van der Waals surface area contributed by atoms with Crippen LogP contribution >= 0.6 is 11.8 Å². The van der Waals surface area contributed by atoms with Crippen LogP contribution < -0.4 is 10.5 Å². The number of sulfonamides is 1. The summed E-state index contributed by atoms with van der Waals surface area (Å²) in [6.07, 6.45) is 5.53. The molecule has 1 atom stereocenters. The molecule has 3 N–H and O–H groups in total. The summed E-state index contributed by atoms with van der Waals surface area (Å²) in [5, 5.41) is 0. The summed E-state index contributed by atoms with van der Waals surface area (Å²) in [4.78, 5) is 0.898. The largest absolute Gasteiger partial charge is 0.398 e. The van der Waals surface area contributed by atoms with E-state index in [0.29, 0.717) is 17.9 Å². The molecule has 1 unspecified atom stereocenters. The minimum atomic E-state index is -3.29. The van der Waals surface area contributed by atoms with Crippen molar-refractivity contribution in [3.8, 4) is 12.3 Å². The average Bonchev–Trinajstić information content (AvgIpc) is 2.31. The smallest absolute Gasteiger partial charge is 0.212 e. The van der Waals surface area contributed by atoms with Crippen LogP contribution in [0.3, 0.4) is 0 Å². The monoisotopic (exact) mass is 298 g/mol. The molecule has 0 heterocycles. The van der Waals surface area contributed by atoms with Crippen molar-refractivity contribution in [3.63, 3.8) is 0 Å². The van der Waals surface area contributed by atoms with E-state index in [1.54, 1.807) is 13.0 Å². The zero-order valence-corrected chi connectivity index (χ0v) is 12.4. The Labute approximate surface area is 119 Å². The van der Waals surface area contributed by atoms with Gasteiger partial charge in [0.15, 0.2) is 0 Å². The third-order valence-corrected chi connectivity index (χ3v) is 5.19. The Bertz CT molecular complexity index is 550. The van der Waals surface area contributed by atoms with E-state index in [1.165, 1.54) is 11.8 Å². The molecule has 1 aromatic carbocycles. The SMILES string of the molecule is C#CCC(C)NS(=O)(=O)CCSc1ccccc1N. The van der Waals surface area contributed by atoms with Crippen LogP contribution in [0.5, 0.6) is 0 Å². The first-order chi connectivity index (χ1) is 8.94. The van der Waals surface area contributed by atoms with Crippen molar-refractivity contribution in [2.45, 2.75) is 24.3 Å². The van der Waals surface area contributed by atoms with E-state index < -0.39 is 10.0 Å². The Kier molecular flexibility index (Phi) is 6.22. The molecule has 6 heteroatoms. The van der Waals surface area contributed by atoms with Crippen LogP contribution in [0.4, 0.5) is 5.69 Å².